The molecule has 0 spiro atoms. The van der Waals surface area contributed by atoms with Crippen LogP contribution in [0.15, 0.2) is 12.1 Å². The zero-order chi connectivity index (χ0) is 15.1. The number of benzene rings is 1. The number of ketones is 1. The third kappa shape index (κ3) is 2.18. The predicted octanol–water partition coefficient (Wildman–Crippen LogP) is 1.12. The lowest BCUT2D eigenvalue weighted by molar-refractivity contribution is -0.129. The lowest BCUT2D eigenvalue weighted by Crippen LogP contribution is -2.41. The lowest BCUT2D eigenvalue weighted by atomic mass is 10.1. The van der Waals surface area contributed by atoms with E-state index in [2.05, 4.69) is 0 Å². The Labute approximate surface area is 119 Å². The molecule has 2 aliphatic heterocycles. The molecule has 110 valence electrons. The molecule has 0 atom stereocenters. The topological polar surface area (TPSA) is 57.7 Å². The molecule has 7 heteroatoms. The molecule has 0 aromatic heterocycles. The first-order valence-electron chi connectivity index (χ1n) is 6.62. The zero-order valence-electron chi connectivity index (χ0n) is 11.1. The Morgan fingerprint density at radius 3 is 2.48 bits per heavy atom. The summed E-state index contributed by atoms with van der Waals surface area (Å²) < 4.78 is 27.0. The minimum absolute atomic E-state index is 0.307. The van der Waals surface area contributed by atoms with Gasteiger partial charge < -0.3 is 4.90 Å². The standard InChI is InChI=1S/C14H12F2N2O3/c15-8-5-9-12(10(16)6-8)18(14(21)13(9)20)7-11(19)17-3-1-2-4-17/h5-6H,1-4,7H2. The van der Waals surface area contributed by atoms with Gasteiger partial charge >= 0.3 is 0 Å². The number of nitrogens with zero attached hydrogens (tertiary/aromatic N) is 2. The second-order valence-corrected chi connectivity index (χ2v) is 5.09. The van der Waals surface area contributed by atoms with Crippen molar-refractivity contribution in [1.82, 2.24) is 4.90 Å². The van der Waals surface area contributed by atoms with Gasteiger partial charge in [0.05, 0.1) is 11.3 Å². The fourth-order valence-electron chi connectivity index (χ4n) is 2.71. The Hall–Kier alpha value is -2.31. The Morgan fingerprint density at radius 1 is 1.14 bits per heavy atom. The summed E-state index contributed by atoms with van der Waals surface area (Å²) in [6.45, 7) is 0.779. The van der Waals surface area contributed by atoms with Gasteiger partial charge in [-0.2, -0.15) is 0 Å². The highest BCUT2D eigenvalue weighted by Gasteiger charge is 2.40. The smallest absolute Gasteiger partial charge is 0.300 e. The van der Waals surface area contributed by atoms with Crippen LogP contribution < -0.4 is 4.90 Å². The first-order chi connectivity index (χ1) is 9.99. The van der Waals surface area contributed by atoms with Gasteiger partial charge in [0, 0.05) is 19.2 Å². The first-order valence-corrected chi connectivity index (χ1v) is 6.62. The van der Waals surface area contributed by atoms with E-state index in [-0.39, 0.29) is 17.2 Å². The number of carbonyl (C=O) groups excluding carboxylic acids is 3. The molecule has 0 unspecified atom stereocenters. The third-order valence-electron chi connectivity index (χ3n) is 3.73. The van der Waals surface area contributed by atoms with Gasteiger partial charge in [-0.3, -0.25) is 19.3 Å². The summed E-state index contributed by atoms with van der Waals surface area (Å²) in [4.78, 5) is 38.1. The quantitative estimate of drug-likeness (QED) is 0.768. The van der Waals surface area contributed by atoms with Crippen LogP contribution in [-0.4, -0.2) is 42.1 Å². The van der Waals surface area contributed by atoms with Crippen LogP contribution in [0.5, 0.6) is 0 Å². The van der Waals surface area contributed by atoms with E-state index in [1.165, 1.54) is 0 Å². The molecule has 2 amide bonds. The summed E-state index contributed by atoms with van der Waals surface area (Å²) in [7, 11) is 0. The largest absolute Gasteiger partial charge is 0.341 e. The molecule has 2 heterocycles. The van der Waals surface area contributed by atoms with Crippen LogP contribution >= 0.6 is 0 Å². The molecule has 3 rings (SSSR count). The van der Waals surface area contributed by atoms with Crippen molar-refractivity contribution in [3.63, 3.8) is 0 Å². The average Bonchev–Trinajstić information content (AvgIpc) is 3.03. The highest BCUT2D eigenvalue weighted by atomic mass is 19.1. The van der Waals surface area contributed by atoms with E-state index < -0.39 is 29.9 Å². The molecule has 0 aliphatic carbocycles. The summed E-state index contributed by atoms with van der Waals surface area (Å²) in [6, 6.07) is 1.41. The summed E-state index contributed by atoms with van der Waals surface area (Å²) in [5.74, 6) is -4.27. The maximum atomic E-state index is 13.9. The molecule has 0 N–H and O–H groups in total. The Morgan fingerprint density at radius 2 is 1.81 bits per heavy atom. The van der Waals surface area contributed by atoms with Crippen molar-refractivity contribution in [3.05, 3.63) is 29.3 Å². The van der Waals surface area contributed by atoms with Gasteiger partial charge in [0.1, 0.15) is 12.4 Å². The average molecular weight is 294 g/mol. The molecule has 1 saturated heterocycles. The van der Waals surface area contributed by atoms with E-state index >= 15 is 0 Å². The van der Waals surface area contributed by atoms with Crippen molar-refractivity contribution in [2.75, 3.05) is 24.5 Å². The van der Waals surface area contributed by atoms with E-state index in [1.54, 1.807) is 4.90 Å². The molecule has 5 nitrogen and oxygen atoms in total. The van der Waals surface area contributed by atoms with Gasteiger partial charge in [0.15, 0.2) is 5.82 Å². The van der Waals surface area contributed by atoms with Gasteiger partial charge in [-0.15, -0.1) is 0 Å². The predicted molar refractivity (Wildman–Crippen MR) is 68.9 cm³/mol. The second kappa shape index (κ2) is 4.91. The maximum absolute atomic E-state index is 13.9. The molecule has 2 aliphatic rings. The van der Waals surface area contributed by atoms with Gasteiger partial charge in [-0.25, -0.2) is 8.78 Å². The highest BCUT2D eigenvalue weighted by Crippen LogP contribution is 2.32. The molecular weight excluding hydrogens is 282 g/mol. The Balaban J connectivity index is 1.92. The van der Waals surface area contributed by atoms with Crippen molar-refractivity contribution in [2.24, 2.45) is 0 Å². The summed E-state index contributed by atoms with van der Waals surface area (Å²) in [5.41, 5.74) is -0.634. The minimum Gasteiger partial charge on any atom is -0.341 e. The number of anilines is 1. The van der Waals surface area contributed by atoms with Crippen molar-refractivity contribution < 1.29 is 23.2 Å². The number of hydrogen-bond acceptors (Lipinski definition) is 3. The van der Waals surface area contributed by atoms with Crippen LogP contribution in [0.25, 0.3) is 0 Å². The van der Waals surface area contributed by atoms with Gasteiger partial charge in [0.25, 0.3) is 11.7 Å². The lowest BCUT2D eigenvalue weighted by Gasteiger charge is -2.21. The monoisotopic (exact) mass is 294 g/mol. The van der Waals surface area contributed by atoms with Crippen LogP contribution in [-0.2, 0) is 9.59 Å². The summed E-state index contributed by atoms with van der Waals surface area (Å²) >= 11 is 0. The second-order valence-electron chi connectivity index (χ2n) is 5.09. The summed E-state index contributed by atoms with van der Waals surface area (Å²) in [6.07, 6.45) is 1.77. The van der Waals surface area contributed by atoms with Crippen LogP contribution in [0.4, 0.5) is 14.5 Å². The SMILES string of the molecule is O=C1C(=O)N(CC(=O)N2CCCC2)c2c(F)cc(F)cc21. The molecule has 0 bridgehead atoms. The van der Waals surface area contributed by atoms with Crippen LogP contribution in [0, 0.1) is 11.6 Å². The number of likely N-dealkylation sites (tertiary alicyclic amines) is 1. The van der Waals surface area contributed by atoms with E-state index in [1.807, 2.05) is 0 Å². The van der Waals surface area contributed by atoms with E-state index in [0.29, 0.717) is 19.2 Å². The number of rotatable bonds is 2. The first kappa shape index (κ1) is 13.7. The van der Waals surface area contributed by atoms with Crippen LogP contribution in [0.2, 0.25) is 0 Å². The molecule has 0 radical (unpaired) electrons. The van der Waals surface area contributed by atoms with E-state index in [9.17, 15) is 23.2 Å². The molecule has 21 heavy (non-hydrogen) atoms. The van der Waals surface area contributed by atoms with Crippen molar-refractivity contribution >= 4 is 23.3 Å². The minimum atomic E-state index is -1.02. The number of fused-ring (bicyclic) bond motifs is 1. The number of hydrogen-bond donors (Lipinski definition) is 0. The van der Waals surface area contributed by atoms with E-state index in [4.69, 9.17) is 0 Å². The molecule has 0 saturated carbocycles. The number of Topliss-reactive ketones (excluding diaryl/α,β-unsaturated/α-hetero) is 1. The maximum Gasteiger partial charge on any atom is 0.300 e. The molecule has 1 aromatic rings. The van der Waals surface area contributed by atoms with Crippen molar-refractivity contribution in [3.8, 4) is 0 Å². The van der Waals surface area contributed by atoms with Crippen LogP contribution in [0.1, 0.15) is 23.2 Å². The van der Waals surface area contributed by atoms with Gasteiger partial charge in [0.2, 0.25) is 5.91 Å². The fourth-order valence-corrected chi connectivity index (χ4v) is 2.71. The van der Waals surface area contributed by atoms with Crippen molar-refractivity contribution in [1.29, 1.82) is 0 Å². The number of amides is 2. The molecular formula is C14H12F2N2O3. The van der Waals surface area contributed by atoms with Crippen LogP contribution in [0.3, 0.4) is 0 Å². The highest BCUT2D eigenvalue weighted by molar-refractivity contribution is 6.52. The molecule has 1 aromatic carbocycles. The van der Waals surface area contributed by atoms with Gasteiger partial charge in [-0.1, -0.05) is 0 Å². The summed E-state index contributed by atoms with van der Waals surface area (Å²) in [5, 5.41) is 0. The normalized spacial score (nSPS) is 17.6. The van der Waals surface area contributed by atoms with Gasteiger partial charge in [-0.05, 0) is 18.9 Å². The van der Waals surface area contributed by atoms with Crippen molar-refractivity contribution in [2.45, 2.75) is 12.8 Å². The number of halogens is 2. The molecule has 1 fully saturated rings. The van der Waals surface area contributed by atoms with E-state index in [0.717, 1.165) is 23.8 Å². The number of carbonyl (C=O) groups is 3. The fraction of sp³-hybridized carbons (Fsp3) is 0.357. The third-order valence-corrected chi connectivity index (χ3v) is 3.73. The Bertz CT molecular complexity index is 654. The zero-order valence-corrected chi connectivity index (χ0v) is 11.1. The Kier molecular flexibility index (Phi) is 3.19.